The van der Waals surface area contributed by atoms with Crippen molar-refractivity contribution in [1.82, 2.24) is 5.32 Å². The first-order chi connectivity index (χ1) is 15.0. The molecule has 1 saturated carbocycles. The van der Waals surface area contributed by atoms with Gasteiger partial charge in [-0.3, -0.25) is 9.59 Å². The predicted molar refractivity (Wildman–Crippen MR) is 128 cm³/mol. The van der Waals surface area contributed by atoms with E-state index in [1.807, 2.05) is 6.07 Å². The van der Waals surface area contributed by atoms with Crippen LogP contribution in [0.25, 0.3) is 0 Å². The van der Waals surface area contributed by atoms with Crippen LogP contribution in [0.1, 0.15) is 72.6 Å². The van der Waals surface area contributed by atoms with Crippen molar-refractivity contribution in [2.24, 2.45) is 0 Å². The number of carbonyl (C=O) groups excluding carboxylic acids is 2. The zero-order valence-corrected chi connectivity index (χ0v) is 20.0. The van der Waals surface area contributed by atoms with E-state index >= 15 is 0 Å². The maximum Gasteiger partial charge on any atom is 0.259 e. The summed E-state index contributed by atoms with van der Waals surface area (Å²) in [5.74, 6) is 0.00572. The Hall–Kier alpha value is -2.05. The van der Waals surface area contributed by atoms with Crippen molar-refractivity contribution in [3.05, 3.63) is 57.0 Å². The molecule has 0 aliphatic heterocycles. The lowest BCUT2D eigenvalue weighted by atomic mass is 9.95. The van der Waals surface area contributed by atoms with Crippen LogP contribution in [0.5, 0.6) is 5.75 Å². The first-order valence-corrected chi connectivity index (χ1v) is 12.0. The third-order valence-corrected chi connectivity index (χ3v) is 6.17. The second-order valence-electron chi connectivity index (χ2n) is 7.80. The number of hydrogen-bond donors (Lipinski definition) is 2. The van der Waals surface area contributed by atoms with Crippen molar-refractivity contribution >= 4 is 45.0 Å². The molecule has 0 spiro atoms. The maximum atomic E-state index is 13.0. The van der Waals surface area contributed by atoms with Gasteiger partial charge in [0.05, 0.1) is 22.8 Å². The molecule has 3 rings (SSSR count). The van der Waals surface area contributed by atoms with Crippen molar-refractivity contribution in [2.45, 2.75) is 57.9 Å². The summed E-state index contributed by atoms with van der Waals surface area (Å²) < 4.78 is 6.57. The molecule has 0 radical (unpaired) electrons. The van der Waals surface area contributed by atoms with Crippen LogP contribution in [0.15, 0.2) is 40.9 Å². The number of rotatable bonds is 8. The van der Waals surface area contributed by atoms with Gasteiger partial charge in [-0.2, -0.15) is 0 Å². The first-order valence-electron chi connectivity index (χ1n) is 10.8. The molecule has 2 N–H and O–H groups in total. The topological polar surface area (TPSA) is 67.4 Å². The summed E-state index contributed by atoms with van der Waals surface area (Å²) >= 11 is 9.69. The van der Waals surface area contributed by atoms with Gasteiger partial charge in [-0.1, -0.05) is 60.1 Å². The molecule has 7 heteroatoms. The highest BCUT2D eigenvalue weighted by Gasteiger charge is 2.20. The molecule has 31 heavy (non-hydrogen) atoms. The first kappa shape index (κ1) is 23.6. The van der Waals surface area contributed by atoms with Gasteiger partial charge in [0, 0.05) is 16.2 Å². The summed E-state index contributed by atoms with van der Waals surface area (Å²) in [5.41, 5.74) is 1.29. The summed E-state index contributed by atoms with van der Waals surface area (Å²) in [6, 6.07) is 10.5. The van der Waals surface area contributed by atoms with E-state index in [1.54, 1.807) is 30.3 Å². The smallest absolute Gasteiger partial charge is 0.259 e. The highest BCUT2D eigenvalue weighted by atomic mass is 79.9. The molecule has 0 bridgehead atoms. The minimum Gasteiger partial charge on any atom is -0.493 e. The van der Waals surface area contributed by atoms with Gasteiger partial charge in [0.25, 0.3) is 11.8 Å². The molecule has 2 aromatic rings. The molecule has 0 saturated heterocycles. The van der Waals surface area contributed by atoms with Crippen LogP contribution in [-0.2, 0) is 0 Å². The van der Waals surface area contributed by atoms with E-state index < -0.39 is 0 Å². The summed E-state index contributed by atoms with van der Waals surface area (Å²) in [6.45, 7) is 2.63. The minimum atomic E-state index is -0.311. The zero-order valence-electron chi connectivity index (χ0n) is 17.7. The monoisotopic (exact) mass is 506 g/mol. The Morgan fingerprint density at radius 1 is 1.06 bits per heavy atom. The fourth-order valence-electron chi connectivity index (χ4n) is 3.62. The maximum absolute atomic E-state index is 13.0. The second-order valence-corrected chi connectivity index (χ2v) is 9.12. The lowest BCUT2D eigenvalue weighted by molar-refractivity contribution is 0.0926. The molecule has 1 fully saturated rings. The molecular formula is C24H28BrClN2O3. The normalized spacial score (nSPS) is 14.2. The van der Waals surface area contributed by atoms with Crippen molar-refractivity contribution in [1.29, 1.82) is 0 Å². The largest absolute Gasteiger partial charge is 0.493 e. The van der Waals surface area contributed by atoms with E-state index in [4.69, 9.17) is 16.3 Å². The number of anilines is 1. The second kappa shape index (κ2) is 11.5. The summed E-state index contributed by atoms with van der Waals surface area (Å²) in [7, 11) is 0. The summed E-state index contributed by atoms with van der Waals surface area (Å²) in [4.78, 5) is 25.7. The van der Waals surface area contributed by atoms with Gasteiger partial charge in [-0.15, -0.1) is 0 Å². The van der Waals surface area contributed by atoms with Gasteiger partial charge in [-0.25, -0.2) is 0 Å². The number of amides is 2. The van der Waals surface area contributed by atoms with Gasteiger partial charge >= 0.3 is 0 Å². The average Bonchev–Trinajstić information content (AvgIpc) is 2.76. The summed E-state index contributed by atoms with van der Waals surface area (Å²) in [5, 5.41) is 6.29. The number of nitrogens with one attached hydrogen (secondary N) is 2. The van der Waals surface area contributed by atoms with Gasteiger partial charge in [0.2, 0.25) is 0 Å². The van der Waals surface area contributed by atoms with Crippen LogP contribution in [0.4, 0.5) is 5.69 Å². The quantitative estimate of drug-likeness (QED) is 0.396. The Balaban J connectivity index is 1.74. The lowest BCUT2D eigenvalue weighted by Crippen LogP contribution is -2.36. The van der Waals surface area contributed by atoms with Gasteiger partial charge < -0.3 is 15.4 Å². The van der Waals surface area contributed by atoms with Crippen LogP contribution < -0.4 is 15.4 Å². The molecule has 0 atom stereocenters. The molecule has 0 heterocycles. The van der Waals surface area contributed by atoms with E-state index in [1.165, 1.54) is 6.42 Å². The van der Waals surface area contributed by atoms with E-state index in [0.717, 1.165) is 43.0 Å². The fraction of sp³-hybridized carbons (Fsp3) is 0.417. The van der Waals surface area contributed by atoms with Crippen LogP contribution >= 0.6 is 27.5 Å². The van der Waals surface area contributed by atoms with Gasteiger partial charge in [-0.05, 0) is 55.7 Å². The van der Waals surface area contributed by atoms with E-state index in [2.05, 4.69) is 33.5 Å². The van der Waals surface area contributed by atoms with Crippen LogP contribution in [0, 0.1) is 0 Å². The molecule has 1 aliphatic carbocycles. The third kappa shape index (κ3) is 6.71. The molecule has 2 aromatic carbocycles. The van der Waals surface area contributed by atoms with E-state index in [-0.39, 0.29) is 17.9 Å². The molecule has 166 valence electrons. The van der Waals surface area contributed by atoms with Crippen molar-refractivity contribution in [3.8, 4) is 5.75 Å². The lowest BCUT2D eigenvalue weighted by Gasteiger charge is -2.23. The number of halogens is 2. The standard InChI is InChI=1S/C24H28BrClN2O3/c1-2-3-13-31-22-12-9-16(25)14-20(22)24(30)28-18-10-11-21(26)19(15-18)23(29)27-17-7-5-4-6-8-17/h9-12,14-15,17H,2-8,13H2,1H3,(H,27,29)(H,28,30). The van der Waals surface area contributed by atoms with Gasteiger partial charge in [0.1, 0.15) is 5.75 Å². The molecular weight excluding hydrogens is 480 g/mol. The Kier molecular flexibility index (Phi) is 8.79. The van der Waals surface area contributed by atoms with Crippen molar-refractivity contribution in [2.75, 3.05) is 11.9 Å². The Morgan fingerprint density at radius 2 is 1.84 bits per heavy atom. The van der Waals surface area contributed by atoms with Gasteiger partial charge in [0.15, 0.2) is 0 Å². The molecule has 2 amide bonds. The minimum absolute atomic E-state index is 0.181. The number of ether oxygens (including phenoxy) is 1. The molecule has 1 aliphatic rings. The SMILES string of the molecule is CCCCOc1ccc(Br)cc1C(=O)Nc1ccc(Cl)c(C(=O)NC2CCCCC2)c1. The van der Waals surface area contributed by atoms with Crippen LogP contribution in [-0.4, -0.2) is 24.5 Å². The van der Waals surface area contributed by atoms with E-state index in [9.17, 15) is 9.59 Å². The Morgan fingerprint density at radius 3 is 2.58 bits per heavy atom. The Labute approximate surface area is 197 Å². The van der Waals surface area contributed by atoms with E-state index in [0.29, 0.717) is 34.2 Å². The fourth-order valence-corrected chi connectivity index (χ4v) is 4.18. The average molecular weight is 508 g/mol. The highest BCUT2D eigenvalue weighted by Crippen LogP contribution is 2.27. The van der Waals surface area contributed by atoms with Crippen LogP contribution in [0.3, 0.4) is 0 Å². The van der Waals surface area contributed by atoms with Crippen molar-refractivity contribution < 1.29 is 14.3 Å². The predicted octanol–water partition coefficient (Wildman–Crippen LogP) is 6.60. The molecule has 5 nitrogen and oxygen atoms in total. The number of unbranched alkanes of at least 4 members (excludes halogenated alkanes) is 1. The number of hydrogen-bond acceptors (Lipinski definition) is 3. The molecule has 0 unspecified atom stereocenters. The number of carbonyl (C=O) groups is 2. The van der Waals surface area contributed by atoms with Crippen LogP contribution in [0.2, 0.25) is 5.02 Å². The molecule has 0 aromatic heterocycles. The highest BCUT2D eigenvalue weighted by molar-refractivity contribution is 9.10. The Bertz CT molecular complexity index is 929. The summed E-state index contributed by atoms with van der Waals surface area (Å²) in [6.07, 6.45) is 7.37. The van der Waals surface area contributed by atoms with Crippen molar-refractivity contribution in [3.63, 3.8) is 0 Å². The number of benzene rings is 2. The third-order valence-electron chi connectivity index (χ3n) is 5.35. The zero-order chi connectivity index (χ0) is 22.2.